The molecule has 0 spiro atoms. The van der Waals surface area contributed by atoms with E-state index >= 15 is 0 Å². The van der Waals surface area contributed by atoms with Crippen molar-refractivity contribution in [2.45, 2.75) is 13.5 Å². The van der Waals surface area contributed by atoms with Gasteiger partial charge in [-0.3, -0.25) is 4.79 Å². The number of hydrogen-bond acceptors (Lipinski definition) is 7. The van der Waals surface area contributed by atoms with Crippen molar-refractivity contribution in [1.82, 2.24) is 9.71 Å². The van der Waals surface area contributed by atoms with Gasteiger partial charge in [0.2, 0.25) is 10.0 Å². The fraction of sp³-hybridized carbons (Fsp3) is 0.125. The molecule has 1 heterocycles. The van der Waals surface area contributed by atoms with Crippen molar-refractivity contribution in [1.29, 1.82) is 5.26 Å². The first kappa shape index (κ1) is 22.5. The Bertz CT molecular complexity index is 1490. The first-order valence-corrected chi connectivity index (χ1v) is 12.7. The molecule has 0 saturated heterocycles. The minimum Gasteiger partial charge on any atom is -0.313 e. The normalized spacial score (nSPS) is 11.2. The molecule has 0 radical (unpaired) electrons. The van der Waals surface area contributed by atoms with Crippen molar-refractivity contribution in [2.75, 3.05) is 11.2 Å². The van der Waals surface area contributed by atoms with Crippen molar-refractivity contribution >= 4 is 48.9 Å². The van der Waals surface area contributed by atoms with E-state index in [4.69, 9.17) is 5.26 Å². The van der Waals surface area contributed by atoms with Gasteiger partial charge in [-0.15, -0.1) is 11.3 Å². The van der Waals surface area contributed by atoms with E-state index in [1.165, 1.54) is 11.3 Å². The number of nitriles is 1. The maximum atomic E-state index is 12.4. The lowest BCUT2D eigenvalue weighted by molar-refractivity contribution is 0.0977. The van der Waals surface area contributed by atoms with E-state index in [0.29, 0.717) is 22.1 Å². The molecule has 0 aliphatic heterocycles. The average molecular weight is 477 g/mol. The summed E-state index contributed by atoms with van der Waals surface area (Å²) in [6.45, 7) is 2.20. The van der Waals surface area contributed by atoms with Gasteiger partial charge < -0.3 is 4.90 Å². The molecule has 4 aromatic rings. The van der Waals surface area contributed by atoms with Crippen molar-refractivity contribution in [3.8, 4) is 6.07 Å². The largest absolute Gasteiger partial charge is 0.313 e. The first-order valence-electron chi connectivity index (χ1n) is 9.98. The molecule has 1 amide bonds. The zero-order valence-electron chi connectivity index (χ0n) is 17.9. The number of benzene rings is 3. The summed E-state index contributed by atoms with van der Waals surface area (Å²) in [5.74, 6) is -0.761. The Kier molecular flexibility index (Phi) is 6.14. The second-order valence-corrected chi connectivity index (χ2v) is 10.5. The molecule has 0 saturated carbocycles. The van der Waals surface area contributed by atoms with Crippen LogP contribution in [0.4, 0.5) is 10.8 Å². The van der Waals surface area contributed by atoms with E-state index in [0.717, 1.165) is 28.3 Å². The summed E-state index contributed by atoms with van der Waals surface area (Å²) in [7, 11) is -3.71. The Balaban J connectivity index is 1.75. The van der Waals surface area contributed by atoms with Crippen molar-refractivity contribution < 1.29 is 13.2 Å². The van der Waals surface area contributed by atoms with Crippen LogP contribution in [0.15, 0.2) is 66.7 Å². The van der Waals surface area contributed by atoms with Crippen LogP contribution >= 0.6 is 11.3 Å². The third-order valence-corrected chi connectivity index (χ3v) is 6.52. The van der Waals surface area contributed by atoms with Gasteiger partial charge in [0, 0.05) is 10.6 Å². The van der Waals surface area contributed by atoms with Crippen LogP contribution in [0.2, 0.25) is 0 Å². The van der Waals surface area contributed by atoms with Gasteiger partial charge in [0.15, 0.2) is 5.13 Å². The topological polar surface area (TPSA) is 103 Å². The van der Waals surface area contributed by atoms with Crippen LogP contribution < -0.4 is 9.62 Å². The number of carbonyl (C=O) groups excluding carboxylic acids is 1. The molecule has 0 aliphatic carbocycles. The number of amides is 1. The summed E-state index contributed by atoms with van der Waals surface area (Å²) in [5.41, 5.74) is 2.43. The number of sulfonamides is 1. The monoisotopic (exact) mass is 476 g/mol. The number of fused-ring (bicyclic) bond motifs is 1. The first-order chi connectivity index (χ1) is 15.7. The van der Waals surface area contributed by atoms with Crippen LogP contribution in [0.5, 0.6) is 0 Å². The van der Waals surface area contributed by atoms with E-state index in [-0.39, 0.29) is 5.69 Å². The Morgan fingerprint density at radius 3 is 2.45 bits per heavy atom. The Labute approximate surface area is 196 Å². The summed E-state index contributed by atoms with van der Waals surface area (Å²) in [5, 5.41) is 11.9. The number of aryl methyl sites for hydroxylation is 1. The zero-order chi connectivity index (χ0) is 23.6. The van der Waals surface area contributed by atoms with E-state index in [2.05, 4.69) is 23.2 Å². The summed E-state index contributed by atoms with van der Waals surface area (Å²) in [4.78, 5) is 19.5. The fourth-order valence-electron chi connectivity index (χ4n) is 3.43. The lowest BCUT2D eigenvalue weighted by atomic mass is 10.1. The molecule has 0 unspecified atom stereocenters. The Morgan fingerprint density at radius 2 is 1.79 bits per heavy atom. The molecule has 4 rings (SSSR count). The van der Waals surface area contributed by atoms with Crippen LogP contribution in [-0.4, -0.2) is 25.6 Å². The molecule has 0 bridgehead atoms. The summed E-state index contributed by atoms with van der Waals surface area (Å²) < 4.78 is 25.0. The Hall–Kier alpha value is -3.74. The summed E-state index contributed by atoms with van der Waals surface area (Å²) in [6, 6.07) is 23.5. The number of nitrogens with one attached hydrogen (secondary N) is 1. The molecule has 0 aliphatic rings. The van der Waals surface area contributed by atoms with Gasteiger partial charge in [-0.1, -0.05) is 36.4 Å². The smallest absolute Gasteiger partial charge is 0.284 e. The molecule has 3 aromatic carbocycles. The zero-order valence-corrected chi connectivity index (χ0v) is 19.6. The number of hydrogen-bond donors (Lipinski definition) is 1. The number of thiazole rings is 1. The van der Waals surface area contributed by atoms with Crippen molar-refractivity contribution in [3.05, 3.63) is 88.4 Å². The van der Waals surface area contributed by atoms with Crippen LogP contribution in [0.1, 0.15) is 26.5 Å². The van der Waals surface area contributed by atoms with Crippen LogP contribution in [0.3, 0.4) is 0 Å². The highest BCUT2D eigenvalue weighted by Crippen LogP contribution is 2.33. The fourth-order valence-corrected chi connectivity index (χ4v) is 4.79. The molecule has 166 valence electrons. The van der Waals surface area contributed by atoms with Gasteiger partial charge in [0.1, 0.15) is 5.69 Å². The molecular weight excluding hydrogens is 456 g/mol. The highest BCUT2D eigenvalue weighted by Gasteiger charge is 2.22. The molecule has 1 aromatic heterocycles. The van der Waals surface area contributed by atoms with Crippen LogP contribution in [0.25, 0.3) is 10.8 Å². The quantitative estimate of drug-likeness (QED) is 0.439. The highest BCUT2D eigenvalue weighted by molar-refractivity contribution is 7.89. The molecule has 1 N–H and O–H groups in total. The maximum Gasteiger partial charge on any atom is 0.284 e. The SMILES string of the molecule is Cc1sc(N(Cc2ccc3ccccc3c2)c2ccc(C#N)cc2)nc1C(=O)NS(C)(=O)=O. The second kappa shape index (κ2) is 9.02. The standard InChI is InChI=1S/C24H20N4O3S2/c1-16-22(23(29)27-33(2,30)31)26-24(32-16)28(21-11-8-17(14-25)9-12-21)15-18-7-10-19-5-3-4-6-20(19)13-18/h3-13H,15H2,1-2H3,(H,27,29). The van der Waals surface area contributed by atoms with Crippen molar-refractivity contribution in [2.24, 2.45) is 0 Å². The molecule has 9 heteroatoms. The van der Waals surface area contributed by atoms with Crippen LogP contribution in [0, 0.1) is 18.3 Å². The lowest BCUT2D eigenvalue weighted by Crippen LogP contribution is -2.30. The number of anilines is 2. The number of nitrogens with zero attached hydrogens (tertiary/aromatic N) is 3. The lowest BCUT2D eigenvalue weighted by Gasteiger charge is -2.22. The predicted molar refractivity (Wildman–Crippen MR) is 130 cm³/mol. The number of carbonyl (C=O) groups is 1. The predicted octanol–water partition coefficient (Wildman–Crippen LogP) is 4.50. The third-order valence-electron chi connectivity index (χ3n) is 4.97. The van der Waals surface area contributed by atoms with Gasteiger partial charge >= 0.3 is 0 Å². The van der Waals surface area contributed by atoms with E-state index in [1.54, 1.807) is 19.1 Å². The highest BCUT2D eigenvalue weighted by atomic mass is 32.2. The van der Waals surface area contributed by atoms with Crippen molar-refractivity contribution in [3.63, 3.8) is 0 Å². The van der Waals surface area contributed by atoms with Gasteiger partial charge in [-0.25, -0.2) is 18.1 Å². The minimum absolute atomic E-state index is 0.0672. The maximum absolute atomic E-state index is 12.4. The molecule has 7 nitrogen and oxygen atoms in total. The van der Waals surface area contributed by atoms with Crippen LogP contribution in [-0.2, 0) is 16.6 Å². The van der Waals surface area contributed by atoms with Gasteiger partial charge in [-0.05, 0) is 53.6 Å². The number of aromatic nitrogens is 1. The molecular formula is C24H20N4O3S2. The Morgan fingerprint density at radius 1 is 1.09 bits per heavy atom. The minimum atomic E-state index is -3.71. The van der Waals surface area contributed by atoms with E-state index in [1.807, 2.05) is 52.1 Å². The van der Waals surface area contributed by atoms with Gasteiger partial charge in [-0.2, -0.15) is 5.26 Å². The van der Waals surface area contributed by atoms with Gasteiger partial charge in [0.05, 0.1) is 24.4 Å². The third kappa shape index (κ3) is 5.19. The molecule has 0 fully saturated rings. The molecule has 33 heavy (non-hydrogen) atoms. The summed E-state index contributed by atoms with van der Waals surface area (Å²) >= 11 is 1.30. The average Bonchev–Trinajstić information content (AvgIpc) is 3.18. The van der Waals surface area contributed by atoms with E-state index < -0.39 is 15.9 Å². The van der Waals surface area contributed by atoms with Gasteiger partial charge in [0.25, 0.3) is 5.91 Å². The summed E-state index contributed by atoms with van der Waals surface area (Å²) in [6.07, 6.45) is 0.927. The second-order valence-electron chi connectivity index (χ2n) is 7.53. The van der Waals surface area contributed by atoms with E-state index in [9.17, 15) is 13.2 Å². The molecule has 0 atom stereocenters. The number of rotatable bonds is 6.